The molecule has 20 heavy (non-hydrogen) atoms. The Kier molecular flexibility index (Phi) is 3.71. The van der Waals surface area contributed by atoms with Gasteiger partial charge >= 0.3 is 0 Å². The Labute approximate surface area is 113 Å². The maximum Gasteiger partial charge on any atom is 0.285 e. The average Bonchev–Trinajstić information content (AvgIpc) is 2.40. The quantitative estimate of drug-likeness (QED) is 0.463. The van der Waals surface area contributed by atoms with Gasteiger partial charge in [-0.15, -0.1) is 0 Å². The normalized spacial score (nSPS) is 10.3. The van der Waals surface area contributed by atoms with E-state index < -0.39 is 4.92 Å². The zero-order valence-corrected chi connectivity index (χ0v) is 10.6. The van der Waals surface area contributed by atoms with Crippen LogP contribution >= 0.6 is 0 Å². The van der Waals surface area contributed by atoms with Gasteiger partial charge in [-0.2, -0.15) is 0 Å². The van der Waals surface area contributed by atoms with Crippen molar-refractivity contribution in [1.29, 1.82) is 0 Å². The molecular weight excluding hydrogens is 264 g/mol. The summed E-state index contributed by atoms with van der Waals surface area (Å²) < 4.78 is 1.17. The molecule has 0 atom stereocenters. The van der Waals surface area contributed by atoms with Crippen LogP contribution < -0.4 is 16.8 Å². The molecule has 2 heterocycles. The molecule has 2 aromatic heterocycles. The van der Waals surface area contributed by atoms with Gasteiger partial charge in [0.25, 0.3) is 11.2 Å². The van der Waals surface area contributed by atoms with E-state index in [2.05, 4.69) is 15.4 Å². The van der Waals surface area contributed by atoms with Gasteiger partial charge < -0.3 is 9.99 Å². The van der Waals surface area contributed by atoms with Crippen LogP contribution in [0.4, 0.5) is 11.5 Å². The molecular formula is C11H12N6O3. The number of nitrogens with one attached hydrogen (secondary N) is 1. The van der Waals surface area contributed by atoms with Gasteiger partial charge in [0.1, 0.15) is 5.82 Å². The molecule has 0 bridgehead atoms. The SMILES string of the molecule is Cc1cc(NN)nc(Cn2cc([N+](=O)[O-])ccc2=O)n1. The molecule has 0 aliphatic heterocycles. The maximum atomic E-state index is 11.7. The molecule has 0 fully saturated rings. The molecule has 9 heteroatoms. The van der Waals surface area contributed by atoms with Crippen molar-refractivity contribution in [3.05, 3.63) is 56.4 Å². The number of nitro groups is 1. The number of aromatic nitrogens is 3. The monoisotopic (exact) mass is 276 g/mol. The van der Waals surface area contributed by atoms with Crippen molar-refractivity contribution >= 4 is 11.5 Å². The number of pyridine rings is 1. The van der Waals surface area contributed by atoms with Gasteiger partial charge in [0.05, 0.1) is 17.7 Å². The van der Waals surface area contributed by atoms with Gasteiger partial charge in [0, 0.05) is 23.9 Å². The number of hydrogen-bond acceptors (Lipinski definition) is 7. The molecule has 0 unspecified atom stereocenters. The van der Waals surface area contributed by atoms with E-state index in [-0.39, 0.29) is 17.8 Å². The number of anilines is 1. The summed E-state index contributed by atoms with van der Waals surface area (Å²) in [7, 11) is 0. The second-order valence-electron chi connectivity index (χ2n) is 4.07. The molecule has 0 aliphatic carbocycles. The second-order valence-corrected chi connectivity index (χ2v) is 4.07. The minimum Gasteiger partial charge on any atom is -0.308 e. The van der Waals surface area contributed by atoms with Gasteiger partial charge in [-0.25, -0.2) is 15.8 Å². The molecule has 3 N–H and O–H groups in total. The predicted octanol–water partition coefficient (Wildman–Crippen LogP) is 0.189. The zero-order chi connectivity index (χ0) is 14.7. The van der Waals surface area contributed by atoms with Crippen LogP contribution in [0.1, 0.15) is 11.5 Å². The Bertz CT molecular complexity index is 712. The summed E-state index contributed by atoms with van der Waals surface area (Å²) in [6.45, 7) is 1.78. The van der Waals surface area contributed by atoms with Crippen LogP contribution in [0, 0.1) is 17.0 Å². The van der Waals surface area contributed by atoms with E-state index in [9.17, 15) is 14.9 Å². The van der Waals surface area contributed by atoms with E-state index in [1.165, 1.54) is 4.57 Å². The van der Waals surface area contributed by atoms with E-state index in [1.54, 1.807) is 13.0 Å². The summed E-state index contributed by atoms with van der Waals surface area (Å²) in [4.78, 5) is 30.1. The number of nitrogen functional groups attached to an aromatic ring is 1. The first-order valence-corrected chi connectivity index (χ1v) is 5.65. The summed E-state index contributed by atoms with van der Waals surface area (Å²) >= 11 is 0. The second kappa shape index (κ2) is 5.45. The van der Waals surface area contributed by atoms with Gasteiger partial charge in [0.2, 0.25) is 0 Å². The standard InChI is InChI=1S/C11H12N6O3/c1-7-4-9(15-12)14-10(13-7)6-16-5-8(17(19)20)2-3-11(16)18/h2-5H,6,12H2,1H3,(H,13,14,15). The molecule has 104 valence electrons. The Morgan fingerprint density at radius 2 is 2.20 bits per heavy atom. The molecule has 0 radical (unpaired) electrons. The van der Waals surface area contributed by atoms with Crippen LogP contribution in [-0.4, -0.2) is 19.5 Å². The van der Waals surface area contributed by atoms with Crippen molar-refractivity contribution in [2.75, 3.05) is 5.43 Å². The molecule has 2 rings (SSSR count). The lowest BCUT2D eigenvalue weighted by atomic mass is 10.4. The molecule has 0 saturated carbocycles. The van der Waals surface area contributed by atoms with Crippen molar-refractivity contribution in [3.63, 3.8) is 0 Å². The lowest BCUT2D eigenvalue weighted by Crippen LogP contribution is -2.21. The molecule has 0 amide bonds. The highest BCUT2D eigenvalue weighted by molar-refractivity contribution is 5.34. The van der Waals surface area contributed by atoms with Crippen molar-refractivity contribution in [2.24, 2.45) is 5.84 Å². The minimum atomic E-state index is -0.570. The third-order valence-electron chi connectivity index (χ3n) is 2.54. The highest BCUT2D eigenvalue weighted by Crippen LogP contribution is 2.09. The maximum absolute atomic E-state index is 11.7. The van der Waals surface area contributed by atoms with Gasteiger partial charge in [0.15, 0.2) is 5.82 Å². The van der Waals surface area contributed by atoms with Gasteiger partial charge in [-0.3, -0.25) is 14.9 Å². The molecule has 0 spiro atoms. The first-order chi connectivity index (χ1) is 9.49. The summed E-state index contributed by atoms with van der Waals surface area (Å²) in [5.41, 5.74) is 2.52. The Balaban J connectivity index is 2.39. The third kappa shape index (κ3) is 2.95. The number of hydrazine groups is 1. The predicted molar refractivity (Wildman–Crippen MR) is 71.0 cm³/mol. The van der Waals surface area contributed by atoms with E-state index >= 15 is 0 Å². The highest BCUT2D eigenvalue weighted by Gasteiger charge is 2.09. The van der Waals surface area contributed by atoms with E-state index in [1.807, 2.05) is 0 Å². The zero-order valence-electron chi connectivity index (χ0n) is 10.6. The number of hydrogen-bond donors (Lipinski definition) is 2. The van der Waals surface area contributed by atoms with Crippen LogP contribution in [0.25, 0.3) is 0 Å². The summed E-state index contributed by atoms with van der Waals surface area (Å²) in [6, 6.07) is 3.93. The largest absolute Gasteiger partial charge is 0.308 e. The number of aryl methyl sites for hydroxylation is 1. The van der Waals surface area contributed by atoms with E-state index in [4.69, 9.17) is 5.84 Å². The van der Waals surface area contributed by atoms with Crippen molar-refractivity contribution in [1.82, 2.24) is 14.5 Å². The molecule has 0 aliphatic rings. The third-order valence-corrected chi connectivity index (χ3v) is 2.54. The Morgan fingerprint density at radius 1 is 1.45 bits per heavy atom. The fourth-order valence-corrected chi connectivity index (χ4v) is 1.68. The summed E-state index contributed by atoms with van der Waals surface area (Å²) in [5.74, 6) is 6.02. The fourth-order valence-electron chi connectivity index (χ4n) is 1.68. The number of rotatable bonds is 4. The van der Waals surface area contributed by atoms with Crippen LogP contribution in [0.3, 0.4) is 0 Å². The van der Waals surface area contributed by atoms with E-state index in [0.717, 1.165) is 18.3 Å². The molecule has 0 aromatic carbocycles. The lowest BCUT2D eigenvalue weighted by Gasteiger charge is -2.07. The first-order valence-electron chi connectivity index (χ1n) is 5.65. The first kappa shape index (κ1) is 13.6. The summed E-state index contributed by atoms with van der Waals surface area (Å²) in [5, 5.41) is 10.7. The molecule has 2 aromatic rings. The van der Waals surface area contributed by atoms with Crippen molar-refractivity contribution in [2.45, 2.75) is 13.5 Å². The molecule has 0 saturated heterocycles. The number of nitrogens with two attached hydrogens (primary N) is 1. The average molecular weight is 276 g/mol. The lowest BCUT2D eigenvalue weighted by molar-refractivity contribution is -0.385. The Hall–Kier alpha value is -2.81. The number of nitrogens with zero attached hydrogens (tertiary/aromatic N) is 4. The molecule has 9 nitrogen and oxygen atoms in total. The van der Waals surface area contributed by atoms with E-state index in [0.29, 0.717) is 17.3 Å². The van der Waals surface area contributed by atoms with Crippen LogP contribution in [0.5, 0.6) is 0 Å². The topological polar surface area (TPSA) is 129 Å². The fraction of sp³-hybridized carbons (Fsp3) is 0.182. The van der Waals surface area contributed by atoms with Crippen molar-refractivity contribution in [3.8, 4) is 0 Å². The Morgan fingerprint density at radius 3 is 2.85 bits per heavy atom. The van der Waals surface area contributed by atoms with Gasteiger partial charge in [-0.05, 0) is 6.92 Å². The smallest absolute Gasteiger partial charge is 0.285 e. The van der Waals surface area contributed by atoms with Gasteiger partial charge in [-0.1, -0.05) is 0 Å². The van der Waals surface area contributed by atoms with Crippen LogP contribution in [0.2, 0.25) is 0 Å². The highest BCUT2D eigenvalue weighted by atomic mass is 16.6. The van der Waals surface area contributed by atoms with Crippen LogP contribution in [-0.2, 0) is 6.54 Å². The van der Waals surface area contributed by atoms with Crippen molar-refractivity contribution < 1.29 is 4.92 Å². The van der Waals surface area contributed by atoms with Crippen LogP contribution in [0.15, 0.2) is 29.2 Å². The summed E-state index contributed by atoms with van der Waals surface area (Å²) in [6.07, 6.45) is 1.16. The minimum absolute atomic E-state index is 0.0247.